The predicted octanol–water partition coefficient (Wildman–Crippen LogP) is 4.32. The fourth-order valence-corrected chi connectivity index (χ4v) is 3.05. The summed E-state index contributed by atoms with van der Waals surface area (Å²) in [7, 11) is 0. The second-order valence-electron chi connectivity index (χ2n) is 5.40. The molecule has 1 nitrogen and oxygen atoms in total. The third-order valence-corrected chi connectivity index (χ3v) is 4.06. The fourth-order valence-electron chi connectivity index (χ4n) is 3.05. The van der Waals surface area contributed by atoms with Gasteiger partial charge in [0.15, 0.2) is 0 Å². The van der Waals surface area contributed by atoms with E-state index in [4.69, 9.17) is 0 Å². The van der Waals surface area contributed by atoms with Gasteiger partial charge in [0.2, 0.25) is 0 Å². The molecule has 106 valence electrons. The minimum absolute atomic E-state index is 0. The maximum absolute atomic E-state index is 3.61. The van der Waals surface area contributed by atoms with E-state index in [1.54, 1.807) is 11.1 Å². The van der Waals surface area contributed by atoms with Crippen molar-refractivity contribution in [3.63, 3.8) is 0 Å². The summed E-state index contributed by atoms with van der Waals surface area (Å²) in [6, 6.07) is 19.6. The van der Waals surface area contributed by atoms with Gasteiger partial charge >= 0.3 is 0 Å². The zero-order valence-corrected chi connectivity index (χ0v) is 12.5. The molecule has 2 aromatic carbocycles. The smallest absolute Gasteiger partial charge is 0.0205 e. The number of nitrogens with one attached hydrogen (secondary N) is 1. The summed E-state index contributed by atoms with van der Waals surface area (Å²) >= 11 is 0. The summed E-state index contributed by atoms with van der Waals surface area (Å²) in [5.41, 5.74) is 4.49. The maximum atomic E-state index is 3.61. The minimum Gasteiger partial charge on any atom is -0.312 e. The molecule has 0 radical (unpaired) electrons. The van der Waals surface area contributed by atoms with E-state index >= 15 is 0 Å². The Morgan fingerprint density at radius 3 is 2.55 bits per heavy atom. The highest BCUT2D eigenvalue weighted by Gasteiger charge is 2.18. The van der Waals surface area contributed by atoms with Crippen molar-refractivity contribution in [2.75, 3.05) is 6.54 Å². The average Bonchev–Trinajstić information content (AvgIpc) is 2.49. The van der Waals surface area contributed by atoms with E-state index in [0.717, 1.165) is 13.1 Å². The van der Waals surface area contributed by atoms with E-state index in [1.165, 1.54) is 24.8 Å². The molecule has 0 amide bonds. The van der Waals surface area contributed by atoms with Crippen LogP contribution in [-0.2, 0) is 13.0 Å². The van der Waals surface area contributed by atoms with Gasteiger partial charge in [0.1, 0.15) is 0 Å². The van der Waals surface area contributed by atoms with Gasteiger partial charge in [-0.2, -0.15) is 0 Å². The van der Waals surface area contributed by atoms with Crippen LogP contribution in [0.1, 0.15) is 35.4 Å². The first-order chi connectivity index (χ1) is 9.43. The minimum atomic E-state index is 0. The summed E-state index contributed by atoms with van der Waals surface area (Å²) in [4.78, 5) is 0. The number of benzene rings is 2. The number of hydrogen-bond donors (Lipinski definition) is 1. The first-order valence-corrected chi connectivity index (χ1v) is 7.26. The molecule has 1 atom stereocenters. The van der Waals surface area contributed by atoms with Crippen LogP contribution in [0.15, 0.2) is 54.6 Å². The van der Waals surface area contributed by atoms with Gasteiger partial charge in [0.25, 0.3) is 0 Å². The zero-order chi connectivity index (χ0) is 12.9. The fraction of sp³-hybridized carbons (Fsp3) is 0.333. The van der Waals surface area contributed by atoms with Gasteiger partial charge < -0.3 is 5.32 Å². The number of aryl methyl sites for hydroxylation is 1. The van der Waals surface area contributed by atoms with Crippen LogP contribution in [0.4, 0.5) is 0 Å². The monoisotopic (exact) mass is 287 g/mol. The maximum Gasteiger partial charge on any atom is 0.0205 e. The number of hydrogen-bond acceptors (Lipinski definition) is 1. The second kappa shape index (κ2) is 7.47. The molecule has 20 heavy (non-hydrogen) atoms. The van der Waals surface area contributed by atoms with Crippen LogP contribution < -0.4 is 5.32 Å². The molecule has 1 unspecified atom stereocenters. The third-order valence-electron chi connectivity index (χ3n) is 4.06. The highest BCUT2D eigenvalue weighted by molar-refractivity contribution is 5.85. The predicted molar refractivity (Wildman–Crippen MR) is 87.5 cm³/mol. The molecule has 0 bridgehead atoms. The summed E-state index contributed by atoms with van der Waals surface area (Å²) in [5.74, 6) is 0.689. The Bertz CT molecular complexity index is 524. The summed E-state index contributed by atoms with van der Waals surface area (Å²) in [5, 5.41) is 3.61. The quantitative estimate of drug-likeness (QED) is 0.883. The molecule has 3 rings (SSSR count). The standard InChI is InChI=1S/C18H21N.ClH/c1-2-7-15(8-3-1)13-19-14-17-11-6-10-16-9-4-5-12-18(16)17;/h1-5,7-9,12,17,19H,6,10-11,13-14H2;1H. The molecule has 0 saturated heterocycles. The van der Waals surface area contributed by atoms with Crippen molar-refractivity contribution in [1.29, 1.82) is 0 Å². The van der Waals surface area contributed by atoms with Gasteiger partial charge in [-0.1, -0.05) is 54.6 Å². The van der Waals surface area contributed by atoms with Crippen LogP contribution in [0.2, 0.25) is 0 Å². The van der Waals surface area contributed by atoms with Gasteiger partial charge in [-0.05, 0) is 41.9 Å². The Labute approximate surface area is 127 Å². The van der Waals surface area contributed by atoms with Crippen molar-refractivity contribution in [3.8, 4) is 0 Å². The topological polar surface area (TPSA) is 12.0 Å². The van der Waals surface area contributed by atoms with Gasteiger partial charge in [0.05, 0.1) is 0 Å². The highest BCUT2D eigenvalue weighted by Crippen LogP contribution is 2.30. The Balaban J connectivity index is 0.00000147. The molecule has 0 aromatic heterocycles. The van der Waals surface area contributed by atoms with E-state index in [1.807, 2.05) is 0 Å². The van der Waals surface area contributed by atoms with Gasteiger partial charge in [-0.15, -0.1) is 12.4 Å². The third kappa shape index (κ3) is 3.62. The molecule has 2 aromatic rings. The molecule has 1 aliphatic rings. The molecule has 1 N–H and O–H groups in total. The zero-order valence-electron chi connectivity index (χ0n) is 11.7. The van der Waals surface area contributed by atoms with Crippen molar-refractivity contribution in [1.82, 2.24) is 5.32 Å². The Morgan fingerprint density at radius 1 is 0.950 bits per heavy atom. The van der Waals surface area contributed by atoms with Crippen molar-refractivity contribution in [2.24, 2.45) is 0 Å². The van der Waals surface area contributed by atoms with Crippen molar-refractivity contribution in [3.05, 3.63) is 71.3 Å². The number of rotatable bonds is 4. The van der Waals surface area contributed by atoms with Gasteiger partial charge in [0, 0.05) is 13.1 Å². The summed E-state index contributed by atoms with van der Waals surface area (Å²) < 4.78 is 0. The van der Waals surface area contributed by atoms with Gasteiger partial charge in [-0.3, -0.25) is 0 Å². The summed E-state index contributed by atoms with van der Waals surface area (Å²) in [6.45, 7) is 2.06. The van der Waals surface area contributed by atoms with Gasteiger partial charge in [-0.25, -0.2) is 0 Å². The molecule has 0 saturated carbocycles. The lowest BCUT2D eigenvalue weighted by molar-refractivity contribution is 0.507. The number of fused-ring (bicyclic) bond motifs is 1. The Morgan fingerprint density at radius 2 is 1.70 bits per heavy atom. The molecule has 0 spiro atoms. The van der Waals surface area contributed by atoms with E-state index in [0.29, 0.717) is 5.92 Å². The Hall–Kier alpha value is -1.31. The normalized spacial score (nSPS) is 17.1. The van der Waals surface area contributed by atoms with Crippen LogP contribution in [0.5, 0.6) is 0 Å². The van der Waals surface area contributed by atoms with E-state index in [-0.39, 0.29) is 12.4 Å². The second-order valence-corrected chi connectivity index (χ2v) is 5.40. The molecule has 2 heteroatoms. The highest BCUT2D eigenvalue weighted by atomic mass is 35.5. The van der Waals surface area contributed by atoms with Crippen LogP contribution in [0, 0.1) is 0 Å². The average molecular weight is 288 g/mol. The van der Waals surface area contributed by atoms with Crippen LogP contribution in [-0.4, -0.2) is 6.54 Å². The van der Waals surface area contributed by atoms with Crippen molar-refractivity contribution < 1.29 is 0 Å². The SMILES string of the molecule is Cl.c1ccc(CNCC2CCCc3ccccc32)cc1. The van der Waals surface area contributed by atoms with Crippen molar-refractivity contribution in [2.45, 2.75) is 31.7 Å². The lowest BCUT2D eigenvalue weighted by atomic mass is 9.83. The van der Waals surface area contributed by atoms with E-state index in [2.05, 4.69) is 59.9 Å². The van der Waals surface area contributed by atoms with Crippen LogP contribution in [0.25, 0.3) is 0 Å². The van der Waals surface area contributed by atoms with E-state index < -0.39 is 0 Å². The first-order valence-electron chi connectivity index (χ1n) is 7.26. The summed E-state index contributed by atoms with van der Waals surface area (Å²) in [6.07, 6.45) is 3.90. The Kier molecular flexibility index (Phi) is 5.63. The first kappa shape index (κ1) is 15.1. The number of halogens is 1. The molecular formula is C18H22ClN. The molecule has 0 aliphatic heterocycles. The largest absolute Gasteiger partial charge is 0.312 e. The lowest BCUT2D eigenvalue weighted by Crippen LogP contribution is -2.24. The van der Waals surface area contributed by atoms with Crippen LogP contribution in [0.3, 0.4) is 0 Å². The molecular weight excluding hydrogens is 266 g/mol. The van der Waals surface area contributed by atoms with E-state index in [9.17, 15) is 0 Å². The van der Waals surface area contributed by atoms with Crippen LogP contribution >= 0.6 is 12.4 Å². The molecule has 1 aliphatic carbocycles. The van der Waals surface area contributed by atoms with Crippen molar-refractivity contribution >= 4 is 12.4 Å². The molecule has 0 fully saturated rings. The lowest BCUT2D eigenvalue weighted by Gasteiger charge is -2.25. The molecule has 0 heterocycles.